The highest BCUT2D eigenvalue weighted by Gasteiger charge is 2.02. The molecule has 0 aliphatic carbocycles. The number of rotatable bonds is 6. The highest BCUT2D eigenvalue weighted by molar-refractivity contribution is 6.04. The number of carbonyl (C=O) groups is 2. The van der Waals surface area contributed by atoms with E-state index in [0.29, 0.717) is 17.1 Å². The van der Waals surface area contributed by atoms with Gasteiger partial charge in [-0.1, -0.05) is 30.3 Å². The van der Waals surface area contributed by atoms with Gasteiger partial charge in [-0.05, 0) is 53.6 Å². The average molecular weight is 384 g/mol. The molecule has 29 heavy (non-hydrogen) atoms. The van der Waals surface area contributed by atoms with Gasteiger partial charge in [-0.15, -0.1) is 0 Å². The van der Waals surface area contributed by atoms with Crippen LogP contribution in [0.15, 0.2) is 85.2 Å². The van der Waals surface area contributed by atoms with Gasteiger partial charge in [-0.2, -0.15) is 0 Å². The van der Waals surface area contributed by atoms with E-state index in [1.54, 1.807) is 73.1 Å². The number of hydrogen-bond acceptors (Lipinski definition) is 4. The Kier molecular flexibility index (Phi) is 6.52. The second-order valence-corrected chi connectivity index (χ2v) is 6.14. The van der Waals surface area contributed by atoms with E-state index >= 15 is 0 Å². The second-order valence-electron chi connectivity index (χ2n) is 6.14. The molecule has 0 saturated heterocycles. The smallest absolute Gasteiger partial charge is 0.248 e. The molecule has 0 saturated carbocycles. The molecule has 0 atom stereocenters. The number of anilines is 3. The van der Waals surface area contributed by atoms with Gasteiger partial charge in [0.1, 0.15) is 0 Å². The molecule has 0 radical (unpaired) electrons. The first kappa shape index (κ1) is 19.6. The van der Waals surface area contributed by atoms with Crippen molar-refractivity contribution in [3.8, 4) is 0 Å². The number of nitrogens with one attached hydrogen (secondary N) is 2. The Bertz CT molecular complexity index is 1060. The fourth-order valence-electron chi connectivity index (χ4n) is 2.51. The summed E-state index contributed by atoms with van der Waals surface area (Å²) in [7, 11) is 0. The zero-order chi connectivity index (χ0) is 20.5. The third-order valence-corrected chi connectivity index (χ3v) is 3.91. The van der Waals surface area contributed by atoms with E-state index in [2.05, 4.69) is 15.6 Å². The molecule has 6 heteroatoms. The Morgan fingerprint density at radius 1 is 0.828 bits per heavy atom. The monoisotopic (exact) mass is 384 g/mol. The van der Waals surface area contributed by atoms with Crippen molar-refractivity contribution in [2.75, 3.05) is 16.4 Å². The molecule has 3 rings (SSSR count). The Labute approximate surface area is 168 Å². The fraction of sp³-hybridized carbons (Fsp3) is 0. The Balaban J connectivity index is 1.59. The molecule has 0 bridgehead atoms. The quantitative estimate of drug-likeness (QED) is 0.442. The van der Waals surface area contributed by atoms with Gasteiger partial charge < -0.3 is 16.4 Å². The first-order valence-electron chi connectivity index (χ1n) is 8.93. The van der Waals surface area contributed by atoms with E-state index in [4.69, 9.17) is 5.73 Å². The van der Waals surface area contributed by atoms with Crippen LogP contribution in [0.3, 0.4) is 0 Å². The molecule has 2 aromatic carbocycles. The molecule has 0 unspecified atom stereocenters. The maximum Gasteiger partial charge on any atom is 0.248 e. The van der Waals surface area contributed by atoms with Crippen molar-refractivity contribution >= 4 is 41.0 Å². The summed E-state index contributed by atoms with van der Waals surface area (Å²) in [6.45, 7) is 0. The third kappa shape index (κ3) is 6.18. The van der Waals surface area contributed by atoms with Crippen molar-refractivity contribution in [3.63, 3.8) is 0 Å². The molecule has 0 aliphatic rings. The van der Waals surface area contributed by atoms with Crippen LogP contribution in [-0.4, -0.2) is 16.8 Å². The van der Waals surface area contributed by atoms with E-state index in [-0.39, 0.29) is 11.8 Å². The van der Waals surface area contributed by atoms with E-state index in [9.17, 15) is 9.59 Å². The minimum absolute atomic E-state index is 0.257. The zero-order valence-corrected chi connectivity index (χ0v) is 15.6. The van der Waals surface area contributed by atoms with Crippen molar-refractivity contribution in [1.82, 2.24) is 4.98 Å². The molecule has 1 aromatic heterocycles. The first-order chi connectivity index (χ1) is 14.1. The molecule has 0 spiro atoms. The zero-order valence-electron chi connectivity index (χ0n) is 15.6. The maximum atomic E-state index is 12.1. The van der Waals surface area contributed by atoms with E-state index in [1.165, 1.54) is 12.2 Å². The summed E-state index contributed by atoms with van der Waals surface area (Å²) in [6.07, 6.45) is 9.54. The van der Waals surface area contributed by atoms with Gasteiger partial charge in [0, 0.05) is 30.2 Å². The number of nitrogen functional groups attached to an aromatic ring is 1. The highest BCUT2D eigenvalue weighted by Crippen LogP contribution is 2.17. The summed E-state index contributed by atoms with van der Waals surface area (Å²) in [5, 5.41) is 5.52. The molecule has 4 N–H and O–H groups in total. The van der Waals surface area contributed by atoms with Crippen molar-refractivity contribution < 1.29 is 9.59 Å². The summed E-state index contributed by atoms with van der Waals surface area (Å²) in [5.41, 5.74) is 9.11. The van der Waals surface area contributed by atoms with Crippen molar-refractivity contribution in [2.24, 2.45) is 0 Å². The molecule has 3 aromatic rings. The summed E-state index contributed by atoms with van der Waals surface area (Å²) in [5.74, 6) is -0.552. The summed E-state index contributed by atoms with van der Waals surface area (Å²) < 4.78 is 0. The van der Waals surface area contributed by atoms with Crippen LogP contribution in [0.4, 0.5) is 17.1 Å². The summed E-state index contributed by atoms with van der Waals surface area (Å²) in [4.78, 5) is 28.2. The molecule has 1 heterocycles. The average Bonchev–Trinajstić information content (AvgIpc) is 2.73. The largest absolute Gasteiger partial charge is 0.397 e. The van der Waals surface area contributed by atoms with Crippen LogP contribution in [0.25, 0.3) is 12.2 Å². The van der Waals surface area contributed by atoms with Crippen LogP contribution in [0.1, 0.15) is 11.1 Å². The SMILES string of the molecule is Nc1ccccc1NC(=O)/C=C/c1cccc(NC(=O)/C=C/c2cccnc2)c1. The number of hydrogen-bond donors (Lipinski definition) is 3. The van der Waals surface area contributed by atoms with Crippen LogP contribution in [-0.2, 0) is 9.59 Å². The van der Waals surface area contributed by atoms with Crippen LogP contribution in [0, 0.1) is 0 Å². The lowest BCUT2D eigenvalue weighted by Gasteiger charge is -2.05. The van der Waals surface area contributed by atoms with Crippen LogP contribution in [0.2, 0.25) is 0 Å². The fourth-order valence-corrected chi connectivity index (χ4v) is 2.51. The Hall–Kier alpha value is -4.19. The molecular weight excluding hydrogens is 364 g/mol. The van der Waals surface area contributed by atoms with Gasteiger partial charge in [0.05, 0.1) is 11.4 Å². The summed E-state index contributed by atoms with van der Waals surface area (Å²) >= 11 is 0. The third-order valence-electron chi connectivity index (χ3n) is 3.91. The van der Waals surface area contributed by atoms with Crippen molar-refractivity contribution in [2.45, 2.75) is 0 Å². The van der Waals surface area contributed by atoms with E-state index < -0.39 is 0 Å². The number of nitrogens with zero attached hydrogens (tertiary/aromatic N) is 1. The van der Waals surface area contributed by atoms with Gasteiger partial charge >= 0.3 is 0 Å². The number of nitrogens with two attached hydrogens (primary N) is 1. The van der Waals surface area contributed by atoms with Gasteiger partial charge in [0.15, 0.2) is 0 Å². The second kappa shape index (κ2) is 9.66. The molecule has 144 valence electrons. The predicted molar refractivity (Wildman–Crippen MR) is 117 cm³/mol. The standard InChI is InChI=1S/C23H20N4O2/c24-20-8-1-2-9-21(20)27-23(29)12-10-17-5-3-7-19(15-17)26-22(28)13-11-18-6-4-14-25-16-18/h1-16H,24H2,(H,26,28)(H,27,29)/b12-10+,13-11+. The number of carbonyl (C=O) groups excluding carboxylic acids is 2. The van der Waals surface area contributed by atoms with Gasteiger partial charge in [0.25, 0.3) is 0 Å². The molecule has 6 nitrogen and oxygen atoms in total. The minimum atomic E-state index is -0.295. The van der Waals surface area contributed by atoms with E-state index in [1.807, 2.05) is 12.1 Å². The number of amides is 2. The lowest BCUT2D eigenvalue weighted by atomic mass is 10.2. The lowest BCUT2D eigenvalue weighted by molar-refractivity contribution is -0.112. The lowest BCUT2D eigenvalue weighted by Crippen LogP contribution is -2.09. The molecular formula is C23H20N4O2. The number of pyridine rings is 1. The van der Waals surface area contributed by atoms with Crippen LogP contribution in [0.5, 0.6) is 0 Å². The van der Waals surface area contributed by atoms with Gasteiger partial charge in [-0.25, -0.2) is 0 Å². The Morgan fingerprint density at radius 2 is 1.55 bits per heavy atom. The first-order valence-corrected chi connectivity index (χ1v) is 8.93. The number of aromatic nitrogens is 1. The minimum Gasteiger partial charge on any atom is -0.397 e. The van der Waals surface area contributed by atoms with Crippen LogP contribution < -0.4 is 16.4 Å². The molecule has 0 fully saturated rings. The van der Waals surface area contributed by atoms with Crippen molar-refractivity contribution in [1.29, 1.82) is 0 Å². The maximum absolute atomic E-state index is 12.1. The van der Waals surface area contributed by atoms with E-state index in [0.717, 1.165) is 11.1 Å². The van der Waals surface area contributed by atoms with Gasteiger partial charge in [0.2, 0.25) is 11.8 Å². The summed E-state index contributed by atoms with van der Waals surface area (Å²) in [6, 6.07) is 17.9. The Morgan fingerprint density at radius 3 is 2.31 bits per heavy atom. The van der Waals surface area contributed by atoms with Crippen molar-refractivity contribution in [3.05, 3.63) is 96.3 Å². The van der Waals surface area contributed by atoms with Crippen LogP contribution >= 0.6 is 0 Å². The number of para-hydroxylation sites is 2. The molecule has 0 aliphatic heterocycles. The van der Waals surface area contributed by atoms with Gasteiger partial charge in [-0.3, -0.25) is 14.6 Å². The number of benzene rings is 2. The topological polar surface area (TPSA) is 97.1 Å². The molecule has 2 amide bonds. The predicted octanol–water partition coefficient (Wildman–Crippen LogP) is 3.97. The highest BCUT2D eigenvalue weighted by atomic mass is 16.2. The normalized spacial score (nSPS) is 10.9.